The summed E-state index contributed by atoms with van der Waals surface area (Å²) in [6.45, 7) is 0. The Morgan fingerprint density at radius 1 is 0.731 bits per heavy atom. The number of aliphatic hydroxyl groups excluding tert-OH is 6. The third-order valence-electron chi connectivity index (χ3n) is 3.89. The van der Waals surface area contributed by atoms with Crippen molar-refractivity contribution >= 4 is 11.9 Å². The van der Waals surface area contributed by atoms with Crippen molar-refractivity contribution in [3.63, 3.8) is 0 Å². The first kappa shape index (κ1) is 23.2. The van der Waals surface area contributed by atoms with E-state index in [0.717, 1.165) is 0 Å². The molecule has 2 rings (SSSR count). The number of carbonyl (C=O) groups is 2. The van der Waals surface area contributed by atoms with Crippen LogP contribution in [0.5, 0.6) is 0 Å². The van der Waals surface area contributed by atoms with Gasteiger partial charge in [0.25, 0.3) is 0 Å². The molecule has 0 unspecified atom stereocenters. The average molecular weight is 434 g/mol. The second-order valence-corrected chi connectivity index (χ2v) is 5.56. The topological polar surface area (TPSA) is 229 Å². The zero-order chi connectivity index (χ0) is 19.0. The van der Waals surface area contributed by atoms with Crippen molar-refractivity contribution in [1.82, 2.24) is 0 Å². The van der Waals surface area contributed by atoms with E-state index in [1.807, 2.05) is 0 Å². The van der Waals surface area contributed by atoms with Gasteiger partial charge < -0.3 is 64.7 Å². The summed E-state index contributed by atoms with van der Waals surface area (Å²) in [5.74, 6) is -3.92. The van der Waals surface area contributed by atoms with Gasteiger partial charge in [0.1, 0.15) is 48.8 Å². The minimum absolute atomic E-state index is 0. The molecule has 0 aromatic rings. The maximum absolute atomic E-state index is 11.1. The van der Waals surface area contributed by atoms with Gasteiger partial charge in [0.15, 0.2) is 12.6 Å². The van der Waals surface area contributed by atoms with Gasteiger partial charge in [-0.05, 0) is 0 Å². The SMILES string of the molecule is O=C([O-])[C@H]1O[C@H](O[C@H]2[C@H](O)[C@@H](O)[C@H](O)O[C@@H]2C(=O)[O-])[C@H](O)[C@@H](O)[C@@H]1O.[Zn+2]. The second kappa shape index (κ2) is 8.93. The van der Waals surface area contributed by atoms with Gasteiger partial charge in [0.2, 0.25) is 0 Å². The van der Waals surface area contributed by atoms with Gasteiger partial charge in [-0.1, -0.05) is 0 Å². The standard InChI is InChI=1S/C12H18O13.Zn/c13-1-2(14)7(9(18)19)25-12(5(1)17)24-6-3(15)4(16)11(22)23-8(6)10(20)21;/h1-8,11-17,22H,(H,18,19)(H,20,21);/q;+2/p-2/t1-,2-,3+,4+,5+,6-,7-,8-,11+,12-;/m0./s1. The third kappa shape index (κ3) is 4.36. The Hall–Kier alpha value is -0.797. The maximum atomic E-state index is 11.1. The summed E-state index contributed by atoms with van der Waals surface area (Å²) < 4.78 is 14.2. The van der Waals surface area contributed by atoms with E-state index in [-0.39, 0.29) is 19.5 Å². The van der Waals surface area contributed by atoms with Crippen LogP contribution in [0, 0.1) is 0 Å². The molecule has 2 heterocycles. The fourth-order valence-corrected chi connectivity index (χ4v) is 2.50. The first-order chi connectivity index (χ1) is 11.6. The van der Waals surface area contributed by atoms with Gasteiger partial charge in [-0.25, -0.2) is 0 Å². The van der Waals surface area contributed by atoms with Crippen molar-refractivity contribution in [2.75, 3.05) is 0 Å². The number of carboxylic acid groups (broad SMARTS) is 2. The molecule has 144 valence electrons. The Balaban J connectivity index is 0.00000338. The predicted molar refractivity (Wildman–Crippen MR) is 64.5 cm³/mol. The monoisotopic (exact) mass is 432 g/mol. The van der Waals surface area contributed by atoms with E-state index in [4.69, 9.17) is 9.47 Å². The molecule has 0 aromatic carbocycles. The normalized spacial score (nSPS) is 46.2. The van der Waals surface area contributed by atoms with Crippen molar-refractivity contribution in [3.05, 3.63) is 0 Å². The van der Waals surface area contributed by atoms with E-state index in [9.17, 15) is 50.4 Å². The van der Waals surface area contributed by atoms with Crippen LogP contribution >= 0.6 is 0 Å². The van der Waals surface area contributed by atoms with E-state index in [1.165, 1.54) is 0 Å². The van der Waals surface area contributed by atoms with Crippen molar-refractivity contribution < 1.29 is 84.1 Å². The Kier molecular flexibility index (Phi) is 7.98. The number of rotatable bonds is 4. The maximum Gasteiger partial charge on any atom is 2.00 e. The number of aliphatic hydroxyl groups is 6. The van der Waals surface area contributed by atoms with Gasteiger partial charge in [-0.3, -0.25) is 0 Å². The van der Waals surface area contributed by atoms with E-state index >= 15 is 0 Å². The minimum atomic E-state index is -2.14. The Bertz CT molecular complexity index is 517. The molecule has 0 amide bonds. The predicted octanol–water partition coefficient (Wildman–Crippen LogP) is -7.88. The van der Waals surface area contributed by atoms with Crippen LogP contribution in [0.1, 0.15) is 0 Å². The molecule has 2 fully saturated rings. The van der Waals surface area contributed by atoms with Crippen LogP contribution in [-0.4, -0.2) is 104 Å². The number of hydrogen-bond acceptors (Lipinski definition) is 13. The summed E-state index contributed by atoms with van der Waals surface area (Å²) >= 11 is 0. The van der Waals surface area contributed by atoms with Crippen LogP contribution < -0.4 is 10.2 Å². The molecule has 2 aliphatic rings. The summed E-state index contributed by atoms with van der Waals surface area (Å²) in [5, 5.41) is 79.6. The van der Waals surface area contributed by atoms with Crippen LogP contribution in [0.4, 0.5) is 0 Å². The van der Waals surface area contributed by atoms with Gasteiger partial charge in [-0.2, -0.15) is 0 Å². The summed E-state index contributed by atoms with van der Waals surface area (Å²) in [7, 11) is 0. The third-order valence-corrected chi connectivity index (χ3v) is 3.89. The van der Waals surface area contributed by atoms with E-state index in [2.05, 4.69) is 4.74 Å². The zero-order valence-electron chi connectivity index (χ0n) is 13.0. The van der Waals surface area contributed by atoms with Gasteiger partial charge in [0, 0.05) is 0 Å². The first-order valence-electron chi connectivity index (χ1n) is 7.02. The van der Waals surface area contributed by atoms with E-state index in [1.54, 1.807) is 0 Å². The van der Waals surface area contributed by atoms with Crippen LogP contribution in [0.15, 0.2) is 0 Å². The van der Waals surface area contributed by atoms with Gasteiger partial charge in [0.05, 0.1) is 11.9 Å². The summed E-state index contributed by atoms with van der Waals surface area (Å²) in [4.78, 5) is 21.9. The number of ether oxygens (including phenoxy) is 3. The minimum Gasteiger partial charge on any atom is -0.547 e. The largest absolute Gasteiger partial charge is 2.00 e. The molecule has 2 aliphatic heterocycles. The van der Waals surface area contributed by atoms with Crippen LogP contribution in [0.3, 0.4) is 0 Å². The molecular weight excluding hydrogens is 418 g/mol. The Labute approximate surface area is 158 Å². The molecule has 0 saturated carbocycles. The number of carbonyl (C=O) groups excluding carboxylic acids is 2. The molecule has 2 saturated heterocycles. The molecule has 0 radical (unpaired) electrons. The van der Waals surface area contributed by atoms with Crippen molar-refractivity contribution in [2.45, 2.75) is 61.4 Å². The molecule has 13 nitrogen and oxygen atoms in total. The van der Waals surface area contributed by atoms with Crippen molar-refractivity contribution in [3.8, 4) is 0 Å². The Morgan fingerprint density at radius 2 is 1.27 bits per heavy atom. The summed E-state index contributed by atoms with van der Waals surface area (Å²) in [5.41, 5.74) is 0. The fourth-order valence-electron chi connectivity index (χ4n) is 2.50. The molecule has 10 atom stereocenters. The molecule has 0 aromatic heterocycles. The zero-order valence-corrected chi connectivity index (χ0v) is 16.0. The molecule has 6 N–H and O–H groups in total. The van der Waals surface area contributed by atoms with Gasteiger partial charge in [-0.15, -0.1) is 0 Å². The van der Waals surface area contributed by atoms with Crippen LogP contribution in [0.25, 0.3) is 0 Å². The molecule has 0 spiro atoms. The van der Waals surface area contributed by atoms with Gasteiger partial charge >= 0.3 is 19.5 Å². The molecule has 0 bridgehead atoms. The molecule has 26 heavy (non-hydrogen) atoms. The fraction of sp³-hybridized carbons (Fsp3) is 0.833. The summed E-state index contributed by atoms with van der Waals surface area (Å²) in [6.07, 6.45) is -20.6. The summed E-state index contributed by atoms with van der Waals surface area (Å²) in [6, 6.07) is 0. The smallest absolute Gasteiger partial charge is 0.547 e. The second-order valence-electron chi connectivity index (χ2n) is 5.56. The van der Waals surface area contributed by atoms with E-state index in [0.29, 0.717) is 0 Å². The van der Waals surface area contributed by atoms with Crippen molar-refractivity contribution in [2.24, 2.45) is 0 Å². The van der Waals surface area contributed by atoms with Crippen molar-refractivity contribution in [1.29, 1.82) is 0 Å². The average Bonchev–Trinajstić information content (AvgIpc) is 2.54. The molecular formula is C12H16O13Zn. The number of hydrogen-bond donors (Lipinski definition) is 6. The quantitative estimate of drug-likeness (QED) is 0.226. The van der Waals surface area contributed by atoms with E-state index < -0.39 is 73.4 Å². The molecule has 0 aliphatic carbocycles. The molecule has 14 heteroatoms. The van der Waals surface area contributed by atoms with Crippen LogP contribution in [0.2, 0.25) is 0 Å². The number of aliphatic carboxylic acids is 2. The first-order valence-corrected chi connectivity index (χ1v) is 7.02. The number of carboxylic acids is 2. The van der Waals surface area contributed by atoms with Crippen LogP contribution in [-0.2, 0) is 43.3 Å². The Morgan fingerprint density at radius 3 is 1.77 bits per heavy atom.